The number of nitrogens with one attached hydrogen (secondary N) is 1. The molecule has 5 nitrogen and oxygen atoms in total. The number of hydrazine groups is 1. The highest BCUT2D eigenvalue weighted by atomic mass is 16.3. The van der Waals surface area contributed by atoms with Crippen molar-refractivity contribution in [1.82, 2.24) is 10.4 Å². The molecule has 0 bridgehead atoms. The Morgan fingerprint density at radius 2 is 2.29 bits per heavy atom. The van der Waals surface area contributed by atoms with Crippen LogP contribution in [0.15, 0.2) is 35.1 Å². The quantitative estimate of drug-likeness (QED) is 0.546. The number of furan rings is 1. The molecule has 0 radical (unpaired) electrons. The molecule has 17 heavy (non-hydrogen) atoms. The zero-order chi connectivity index (χ0) is 12.3. The maximum atomic E-state index is 5.64. The van der Waals surface area contributed by atoms with E-state index in [0.29, 0.717) is 12.2 Å². The monoisotopic (exact) mass is 232 g/mol. The summed E-state index contributed by atoms with van der Waals surface area (Å²) < 4.78 is 5.43. The summed E-state index contributed by atoms with van der Waals surface area (Å²) in [6.07, 6.45) is 4.06. The van der Waals surface area contributed by atoms with Crippen LogP contribution in [0, 0.1) is 6.92 Å². The number of pyridine rings is 1. The van der Waals surface area contributed by atoms with E-state index >= 15 is 0 Å². The molecule has 90 valence electrons. The Kier molecular flexibility index (Phi) is 3.41. The number of nitrogens with zero attached hydrogens (tertiary/aromatic N) is 1. The summed E-state index contributed by atoms with van der Waals surface area (Å²) in [5.41, 5.74) is 10.5. The Morgan fingerprint density at radius 1 is 1.47 bits per heavy atom. The minimum atomic E-state index is -0.0631. The smallest absolute Gasteiger partial charge is 0.125 e. The van der Waals surface area contributed by atoms with Gasteiger partial charge in [-0.25, -0.2) is 10.4 Å². The van der Waals surface area contributed by atoms with E-state index in [-0.39, 0.29) is 6.04 Å². The highest BCUT2D eigenvalue weighted by molar-refractivity contribution is 5.33. The molecule has 2 aromatic heterocycles. The third kappa shape index (κ3) is 2.64. The highest BCUT2D eigenvalue weighted by Crippen LogP contribution is 2.22. The molecule has 0 spiro atoms. The molecular weight excluding hydrogens is 216 g/mol. The van der Waals surface area contributed by atoms with Gasteiger partial charge in [0.15, 0.2) is 0 Å². The van der Waals surface area contributed by atoms with Gasteiger partial charge in [-0.1, -0.05) is 0 Å². The van der Waals surface area contributed by atoms with Gasteiger partial charge in [0, 0.05) is 6.20 Å². The third-order valence-corrected chi connectivity index (χ3v) is 2.70. The van der Waals surface area contributed by atoms with E-state index in [2.05, 4.69) is 10.4 Å². The van der Waals surface area contributed by atoms with Crippen LogP contribution in [0.2, 0.25) is 0 Å². The van der Waals surface area contributed by atoms with Crippen molar-refractivity contribution < 1.29 is 4.42 Å². The lowest BCUT2D eigenvalue weighted by Crippen LogP contribution is -2.29. The summed E-state index contributed by atoms with van der Waals surface area (Å²) >= 11 is 0. The fourth-order valence-electron chi connectivity index (χ4n) is 1.83. The first-order valence-electron chi connectivity index (χ1n) is 5.41. The minimum Gasteiger partial charge on any atom is -0.467 e. The van der Waals surface area contributed by atoms with Gasteiger partial charge in [0.1, 0.15) is 11.6 Å². The van der Waals surface area contributed by atoms with Gasteiger partial charge in [0.25, 0.3) is 0 Å². The van der Waals surface area contributed by atoms with Crippen molar-refractivity contribution >= 4 is 5.82 Å². The number of nitrogen functional groups attached to an aromatic ring is 1. The number of anilines is 1. The SMILES string of the molecule is Cc1ccoc1C(Cc1ccnc(N)c1)NN. The van der Waals surface area contributed by atoms with Crippen molar-refractivity contribution in [1.29, 1.82) is 0 Å². The second-order valence-corrected chi connectivity index (χ2v) is 3.98. The molecule has 0 aliphatic carbocycles. The number of rotatable bonds is 4. The van der Waals surface area contributed by atoms with E-state index in [1.54, 1.807) is 12.5 Å². The highest BCUT2D eigenvalue weighted by Gasteiger charge is 2.16. The molecule has 1 atom stereocenters. The Balaban J connectivity index is 2.19. The lowest BCUT2D eigenvalue weighted by Gasteiger charge is -2.14. The van der Waals surface area contributed by atoms with E-state index in [4.69, 9.17) is 16.0 Å². The van der Waals surface area contributed by atoms with Crippen LogP contribution in [-0.2, 0) is 6.42 Å². The van der Waals surface area contributed by atoms with E-state index in [1.165, 1.54) is 0 Å². The fourth-order valence-corrected chi connectivity index (χ4v) is 1.83. The summed E-state index contributed by atoms with van der Waals surface area (Å²) in [6, 6.07) is 5.61. The number of hydrogen-bond acceptors (Lipinski definition) is 5. The number of aromatic nitrogens is 1. The van der Waals surface area contributed by atoms with Crippen LogP contribution in [0.1, 0.15) is 22.9 Å². The summed E-state index contributed by atoms with van der Waals surface area (Å²) in [7, 11) is 0. The molecule has 0 saturated heterocycles. The molecule has 2 aromatic rings. The van der Waals surface area contributed by atoms with E-state index < -0.39 is 0 Å². The van der Waals surface area contributed by atoms with Crippen LogP contribution in [0.3, 0.4) is 0 Å². The molecule has 0 fully saturated rings. The summed E-state index contributed by atoms with van der Waals surface area (Å²) in [6.45, 7) is 1.99. The van der Waals surface area contributed by atoms with Crippen LogP contribution < -0.4 is 17.0 Å². The average molecular weight is 232 g/mol. The summed E-state index contributed by atoms with van der Waals surface area (Å²) in [4.78, 5) is 3.96. The molecular formula is C12H16N4O. The topological polar surface area (TPSA) is 90.1 Å². The van der Waals surface area contributed by atoms with Gasteiger partial charge in [0.05, 0.1) is 12.3 Å². The van der Waals surface area contributed by atoms with E-state index in [1.807, 2.05) is 25.1 Å². The van der Waals surface area contributed by atoms with Gasteiger partial charge >= 0.3 is 0 Å². The van der Waals surface area contributed by atoms with Crippen LogP contribution in [0.25, 0.3) is 0 Å². The van der Waals surface area contributed by atoms with Gasteiger partial charge in [-0.05, 0) is 42.7 Å². The van der Waals surface area contributed by atoms with Gasteiger partial charge in [-0.15, -0.1) is 0 Å². The first kappa shape index (κ1) is 11.6. The van der Waals surface area contributed by atoms with E-state index in [9.17, 15) is 0 Å². The Hall–Kier alpha value is -1.85. The number of aryl methyl sites for hydroxylation is 1. The predicted octanol–water partition coefficient (Wildman–Crippen LogP) is 1.31. The van der Waals surface area contributed by atoms with Crippen LogP contribution in [0.4, 0.5) is 5.82 Å². The van der Waals surface area contributed by atoms with Crippen LogP contribution in [0.5, 0.6) is 0 Å². The molecule has 2 heterocycles. The Morgan fingerprint density at radius 3 is 2.88 bits per heavy atom. The van der Waals surface area contributed by atoms with Gasteiger partial charge < -0.3 is 10.2 Å². The Labute approximate surface area is 99.8 Å². The first-order valence-corrected chi connectivity index (χ1v) is 5.41. The molecule has 0 aromatic carbocycles. The fraction of sp³-hybridized carbons (Fsp3) is 0.250. The van der Waals surface area contributed by atoms with Crippen molar-refractivity contribution in [2.75, 3.05) is 5.73 Å². The van der Waals surface area contributed by atoms with Crippen molar-refractivity contribution in [2.45, 2.75) is 19.4 Å². The normalized spacial score (nSPS) is 12.6. The van der Waals surface area contributed by atoms with Crippen molar-refractivity contribution in [3.63, 3.8) is 0 Å². The summed E-state index contributed by atoms with van der Waals surface area (Å²) in [5, 5.41) is 0. The average Bonchev–Trinajstić information content (AvgIpc) is 2.72. The van der Waals surface area contributed by atoms with Crippen molar-refractivity contribution in [3.8, 4) is 0 Å². The second-order valence-electron chi connectivity index (χ2n) is 3.98. The minimum absolute atomic E-state index is 0.0631. The van der Waals surface area contributed by atoms with E-state index in [0.717, 1.165) is 16.9 Å². The predicted molar refractivity (Wildman–Crippen MR) is 65.9 cm³/mol. The molecule has 5 N–H and O–H groups in total. The van der Waals surface area contributed by atoms with Gasteiger partial charge in [0.2, 0.25) is 0 Å². The number of nitrogens with two attached hydrogens (primary N) is 2. The molecule has 0 aliphatic heterocycles. The standard InChI is InChI=1S/C12H16N4O/c1-8-3-5-17-12(8)10(16-14)6-9-2-4-15-11(13)7-9/h2-5,7,10,16H,6,14H2,1H3,(H2,13,15). The molecule has 2 rings (SSSR count). The molecule has 0 amide bonds. The lowest BCUT2D eigenvalue weighted by atomic mass is 10.0. The zero-order valence-corrected chi connectivity index (χ0v) is 9.68. The van der Waals surface area contributed by atoms with Gasteiger partial charge in [-0.3, -0.25) is 5.84 Å². The largest absolute Gasteiger partial charge is 0.467 e. The van der Waals surface area contributed by atoms with Crippen LogP contribution in [-0.4, -0.2) is 4.98 Å². The number of hydrogen-bond donors (Lipinski definition) is 3. The van der Waals surface area contributed by atoms with Crippen LogP contribution >= 0.6 is 0 Å². The molecule has 5 heteroatoms. The Bertz CT molecular complexity index is 495. The first-order chi connectivity index (χ1) is 8.20. The second kappa shape index (κ2) is 4.99. The molecule has 0 aliphatic rings. The van der Waals surface area contributed by atoms with Crippen molar-refractivity contribution in [2.24, 2.45) is 5.84 Å². The summed E-state index contributed by atoms with van der Waals surface area (Å²) in [5.74, 6) is 6.92. The molecule has 0 saturated carbocycles. The van der Waals surface area contributed by atoms with Gasteiger partial charge in [-0.2, -0.15) is 0 Å². The molecule has 1 unspecified atom stereocenters. The lowest BCUT2D eigenvalue weighted by molar-refractivity contribution is 0.413. The maximum Gasteiger partial charge on any atom is 0.125 e. The zero-order valence-electron chi connectivity index (χ0n) is 9.68. The third-order valence-electron chi connectivity index (χ3n) is 2.70. The van der Waals surface area contributed by atoms with Crippen molar-refractivity contribution in [3.05, 3.63) is 47.5 Å². The maximum absolute atomic E-state index is 5.64.